The third-order valence-corrected chi connectivity index (χ3v) is 2.41. The van der Waals surface area contributed by atoms with Gasteiger partial charge >= 0.3 is 11.8 Å². The standard InChI is InChI=1S/C12H20N4O3/c1-9(2)16-8-10(7-14-16)15-12(18)11(17)13-5-4-6-19-3/h7-9H,4-6H2,1-3H3,(H,13,17)(H,15,18). The second-order valence-electron chi connectivity index (χ2n) is 4.36. The summed E-state index contributed by atoms with van der Waals surface area (Å²) in [7, 11) is 1.58. The Labute approximate surface area is 112 Å². The number of anilines is 1. The van der Waals surface area contributed by atoms with Crippen molar-refractivity contribution in [1.29, 1.82) is 0 Å². The average molecular weight is 268 g/mol. The number of nitrogens with zero attached hydrogens (tertiary/aromatic N) is 2. The summed E-state index contributed by atoms with van der Waals surface area (Å²) in [5, 5.41) is 9.07. The zero-order valence-electron chi connectivity index (χ0n) is 11.5. The van der Waals surface area contributed by atoms with E-state index < -0.39 is 11.8 Å². The summed E-state index contributed by atoms with van der Waals surface area (Å²) in [5.74, 6) is -1.35. The van der Waals surface area contributed by atoms with Crippen LogP contribution in [0.1, 0.15) is 26.3 Å². The van der Waals surface area contributed by atoms with Crippen molar-refractivity contribution in [1.82, 2.24) is 15.1 Å². The van der Waals surface area contributed by atoms with Gasteiger partial charge in [0.2, 0.25) is 0 Å². The molecule has 0 atom stereocenters. The van der Waals surface area contributed by atoms with Gasteiger partial charge in [0.25, 0.3) is 0 Å². The van der Waals surface area contributed by atoms with E-state index in [1.165, 1.54) is 6.20 Å². The van der Waals surface area contributed by atoms with Gasteiger partial charge in [-0.3, -0.25) is 14.3 Å². The summed E-state index contributed by atoms with van der Waals surface area (Å²) >= 11 is 0. The topological polar surface area (TPSA) is 85.2 Å². The molecule has 1 heterocycles. The quantitative estimate of drug-likeness (QED) is 0.583. The minimum absolute atomic E-state index is 0.202. The number of ether oxygens (including phenoxy) is 1. The fourth-order valence-electron chi connectivity index (χ4n) is 1.37. The minimum Gasteiger partial charge on any atom is -0.385 e. The summed E-state index contributed by atoms with van der Waals surface area (Å²) in [6, 6.07) is 0.202. The SMILES string of the molecule is COCCCNC(=O)C(=O)Nc1cnn(C(C)C)c1. The van der Waals surface area contributed by atoms with Gasteiger partial charge in [0, 0.05) is 32.5 Å². The van der Waals surface area contributed by atoms with Crippen LogP contribution < -0.4 is 10.6 Å². The molecule has 0 aliphatic rings. The second-order valence-corrected chi connectivity index (χ2v) is 4.36. The predicted molar refractivity (Wildman–Crippen MR) is 70.7 cm³/mol. The summed E-state index contributed by atoms with van der Waals surface area (Å²) in [6.45, 7) is 4.90. The lowest BCUT2D eigenvalue weighted by molar-refractivity contribution is -0.136. The molecule has 7 heteroatoms. The molecule has 0 aliphatic carbocycles. The Kier molecular flexibility index (Phi) is 6.01. The molecule has 0 saturated heterocycles. The van der Waals surface area contributed by atoms with E-state index in [-0.39, 0.29) is 6.04 Å². The Bertz CT molecular complexity index is 428. The fourth-order valence-corrected chi connectivity index (χ4v) is 1.37. The van der Waals surface area contributed by atoms with Crippen molar-refractivity contribution in [3.8, 4) is 0 Å². The lowest BCUT2D eigenvalue weighted by atomic mass is 10.4. The van der Waals surface area contributed by atoms with Crippen LogP contribution in [0.5, 0.6) is 0 Å². The van der Waals surface area contributed by atoms with Crippen LogP contribution >= 0.6 is 0 Å². The molecule has 0 radical (unpaired) electrons. The van der Waals surface area contributed by atoms with E-state index >= 15 is 0 Å². The first-order chi connectivity index (χ1) is 9.04. The minimum atomic E-state index is -0.694. The number of carbonyl (C=O) groups is 2. The molecular weight excluding hydrogens is 248 g/mol. The Hall–Kier alpha value is -1.89. The van der Waals surface area contributed by atoms with Crippen LogP contribution in [-0.4, -0.2) is 41.9 Å². The van der Waals surface area contributed by atoms with Crippen LogP contribution in [0, 0.1) is 0 Å². The van der Waals surface area contributed by atoms with Crippen LogP contribution in [0.4, 0.5) is 5.69 Å². The van der Waals surface area contributed by atoms with Crippen LogP contribution in [0.2, 0.25) is 0 Å². The van der Waals surface area contributed by atoms with Crippen molar-refractivity contribution >= 4 is 17.5 Å². The van der Waals surface area contributed by atoms with Gasteiger partial charge in [0.15, 0.2) is 0 Å². The molecule has 0 unspecified atom stereocenters. The second kappa shape index (κ2) is 7.52. The van der Waals surface area contributed by atoms with Gasteiger partial charge < -0.3 is 15.4 Å². The lowest BCUT2D eigenvalue weighted by Gasteiger charge is -2.05. The molecule has 2 N–H and O–H groups in total. The summed E-state index contributed by atoms with van der Waals surface area (Å²) < 4.78 is 6.54. The first kappa shape index (κ1) is 15.2. The van der Waals surface area contributed by atoms with Crippen molar-refractivity contribution < 1.29 is 14.3 Å². The van der Waals surface area contributed by atoms with E-state index in [1.807, 2.05) is 13.8 Å². The molecule has 19 heavy (non-hydrogen) atoms. The molecule has 0 spiro atoms. The van der Waals surface area contributed by atoms with Crippen molar-refractivity contribution in [2.45, 2.75) is 26.3 Å². The highest BCUT2D eigenvalue weighted by Crippen LogP contribution is 2.09. The van der Waals surface area contributed by atoms with Crippen LogP contribution in [0.3, 0.4) is 0 Å². The summed E-state index contributed by atoms with van der Waals surface area (Å²) in [6.07, 6.45) is 3.86. The van der Waals surface area contributed by atoms with Crippen LogP contribution in [0.15, 0.2) is 12.4 Å². The van der Waals surface area contributed by atoms with Crippen molar-refractivity contribution in [2.24, 2.45) is 0 Å². The number of methoxy groups -OCH3 is 1. The smallest absolute Gasteiger partial charge is 0.313 e. The van der Waals surface area contributed by atoms with Crippen molar-refractivity contribution in [2.75, 3.05) is 25.6 Å². The van der Waals surface area contributed by atoms with Gasteiger partial charge in [-0.25, -0.2) is 0 Å². The highest BCUT2D eigenvalue weighted by molar-refractivity contribution is 6.39. The maximum atomic E-state index is 11.6. The summed E-state index contributed by atoms with van der Waals surface area (Å²) in [5.41, 5.74) is 0.505. The van der Waals surface area contributed by atoms with E-state index in [2.05, 4.69) is 15.7 Å². The highest BCUT2D eigenvalue weighted by atomic mass is 16.5. The molecule has 0 bridgehead atoms. The third kappa shape index (κ3) is 5.09. The predicted octanol–water partition coefficient (Wildman–Crippen LogP) is 0.555. The number of aromatic nitrogens is 2. The molecule has 1 aromatic heterocycles. The molecule has 2 amide bonds. The zero-order chi connectivity index (χ0) is 14.3. The first-order valence-electron chi connectivity index (χ1n) is 6.17. The molecule has 1 rings (SSSR count). The van der Waals surface area contributed by atoms with E-state index in [0.29, 0.717) is 25.3 Å². The van der Waals surface area contributed by atoms with Crippen molar-refractivity contribution in [3.05, 3.63) is 12.4 Å². The molecule has 0 saturated carbocycles. The normalized spacial score (nSPS) is 10.5. The number of hydrogen-bond acceptors (Lipinski definition) is 4. The number of rotatable bonds is 6. The molecule has 0 aromatic carbocycles. The Balaban J connectivity index is 2.38. The number of nitrogens with one attached hydrogen (secondary N) is 2. The number of amides is 2. The Morgan fingerprint density at radius 1 is 1.42 bits per heavy atom. The molecule has 7 nitrogen and oxygen atoms in total. The maximum absolute atomic E-state index is 11.6. The van der Waals surface area contributed by atoms with Gasteiger partial charge in [-0.1, -0.05) is 0 Å². The average Bonchev–Trinajstić information content (AvgIpc) is 2.83. The van der Waals surface area contributed by atoms with Gasteiger partial charge in [0.05, 0.1) is 11.9 Å². The lowest BCUT2D eigenvalue weighted by Crippen LogP contribution is -2.36. The largest absolute Gasteiger partial charge is 0.385 e. The Morgan fingerprint density at radius 3 is 2.74 bits per heavy atom. The molecule has 0 fully saturated rings. The van der Waals surface area contributed by atoms with E-state index in [4.69, 9.17) is 4.74 Å². The van der Waals surface area contributed by atoms with Gasteiger partial charge in [0.1, 0.15) is 0 Å². The number of hydrogen-bond donors (Lipinski definition) is 2. The van der Waals surface area contributed by atoms with Gasteiger partial charge in [-0.15, -0.1) is 0 Å². The van der Waals surface area contributed by atoms with E-state index in [9.17, 15) is 9.59 Å². The highest BCUT2D eigenvalue weighted by Gasteiger charge is 2.14. The summed E-state index contributed by atoms with van der Waals surface area (Å²) in [4.78, 5) is 23.0. The van der Waals surface area contributed by atoms with Crippen LogP contribution in [-0.2, 0) is 14.3 Å². The van der Waals surface area contributed by atoms with E-state index in [0.717, 1.165) is 0 Å². The Morgan fingerprint density at radius 2 is 2.16 bits per heavy atom. The van der Waals surface area contributed by atoms with Crippen molar-refractivity contribution in [3.63, 3.8) is 0 Å². The first-order valence-corrected chi connectivity index (χ1v) is 6.17. The van der Waals surface area contributed by atoms with E-state index in [1.54, 1.807) is 18.0 Å². The van der Waals surface area contributed by atoms with Crippen LogP contribution in [0.25, 0.3) is 0 Å². The molecule has 106 valence electrons. The fraction of sp³-hybridized carbons (Fsp3) is 0.583. The zero-order valence-corrected chi connectivity index (χ0v) is 11.5. The van der Waals surface area contributed by atoms with Gasteiger partial charge in [-0.2, -0.15) is 5.10 Å². The molecule has 1 aromatic rings. The van der Waals surface area contributed by atoms with Gasteiger partial charge in [-0.05, 0) is 20.3 Å². The molecular formula is C12H20N4O3. The maximum Gasteiger partial charge on any atom is 0.313 e. The molecule has 0 aliphatic heterocycles. The third-order valence-electron chi connectivity index (χ3n) is 2.41. The number of carbonyl (C=O) groups excluding carboxylic acids is 2. The monoisotopic (exact) mass is 268 g/mol.